The molecule has 5 rings (SSSR count). The van der Waals surface area contributed by atoms with Crippen LogP contribution in [-0.2, 0) is 9.59 Å². The first-order valence-electron chi connectivity index (χ1n) is 13.1. The molecule has 0 radical (unpaired) electrons. The smallest absolute Gasteiger partial charge is 0.341 e. The van der Waals surface area contributed by atoms with E-state index < -0.39 is 18.6 Å². The number of nitrogens with one attached hydrogen (secondary N) is 1. The van der Waals surface area contributed by atoms with Crippen LogP contribution in [0.15, 0.2) is 99.9 Å². The molecule has 4 aromatic rings. The number of aromatic nitrogens is 1. The van der Waals surface area contributed by atoms with Crippen LogP contribution in [0.3, 0.4) is 0 Å². The number of rotatable bonds is 8. The van der Waals surface area contributed by atoms with Gasteiger partial charge in [0, 0.05) is 5.69 Å². The number of hydrogen-bond donors (Lipinski definition) is 2. The minimum atomic E-state index is -1.08. The Kier molecular flexibility index (Phi) is 7.98. The molecule has 1 aliphatic heterocycles. The van der Waals surface area contributed by atoms with Gasteiger partial charge >= 0.3 is 5.97 Å². The lowest BCUT2D eigenvalue weighted by Gasteiger charge is -2.25. The molecule has 9 heteroatoms. The zero-order chi connectivity index (χ0) is 29.1. The fourth-order valence-electron chi connectivity index (χ4n) is 4.70. The molecule has 0 aliphatic carbocycles. The number of amides is 1. The lowest BCUT2D eigenvalue weighted by molar-refractivity contribution is -0.139. The second-order valence-corrected chi connectivity index (χ2v) is 11.0. The van der Waals surface area contributed by atoms with E-state index in [2.05, 4.69) is 19.2 Å². The van der Waals surface area contributed by atoms with Crippen molar-refractivity contribution < 1.29 is 19.4 Å². The van der Waals surface area contributed by atoms with Gasteiger partial charge in [-0.05, 0) is 59.9 Å². The van der Waals surface area contributed by atoms with Gasteiger partial charge in [-0.25, -0.2) is 9.79 Å². The largest absolute Gasteiger partial charge is 0.482 e. The van der Waals surface area contributed by atoms with Crippen LogP contribution in [0.2, 0.25) is 0 Å². The molecule has 2 heterocycles. The van der Waals surface area contributed by atoms with E-state index in [0.717, 1.165) is 11.1 Å². The highest BCUT2D eigenvalue weighted by Crippen LogP contribution is 2.31. The number of anilines is 1. The van der Waals surface area contributed by atoms with Gasteiger partial charge in [0.15, 0.2) is 11.4 Å². The molecule has 1 aliphatic rings. The van der Waals surface area contributed by atoms with Crippen molar-refractivity contribution in [3.8, 4) is 5.75 Å². The predicted octanol–water partition coefficient (Wildman–Crippen LogP) is 4.46. The Labute approximate surface area is 240 Å². The molecule has 0 fully saturated rings. The summed E-state index contributed by atoms with van der Waals surface area (Å²) in [6.45, 7) is 5.55. The first-order valence-corrected chi connectivity index (χ1v) is 14.0. The Morgan fingerprint density at radius 3 is 2.49 bits per heavy atom. The number of carboxylic acid groups (broad SMARTS) is 1. The maximum absolute atomic E-state index is 13.9. The summed E-state index contributed by atoms with van der Waals surface area (Å²) in [5.41, 5.74) is 3.94. The van der Waals surface area contributed by atoms with Crippen LogP contribution in [0.25, 0.3) is 6.08 Å². The van der Waals surface area contributed by atoms with Gasteiger partial charge in [-0.1, -0.05) is 79.8 Å². The van der Waals surface area contributed by atoms with Crippen LogP contribution in [-0.4, -0.2) is 28.2 Å². The molecule has 0 bridgehead atoms. The molecule has 0 unspecified atom stereocenters. The van der Waals surface area contributed by atoms with Crippen molar-refractivity contribution in [2.24, 2.45) is 4.99 Å². The van der Waals surface area contributed by atoms with E-state index in [4.69, 9.17) is 14.8 Å². The van der Waals surface area contributed by atoms with Crippen molar-refractivity contribution in [3.05, 3.63) is 127 Å². The van der Waals surface area contributed by atoms with Crippen LogP contribution >= 0.6 is 11.3 Å². The molecular weight excluding hydrogens is 538 g/mol. The maximum atomic E-state index is 13.9. The number of allylic oxidation sites excluding steroid dienone is 1. The minimum absolute atomic E-state index is 0.277. The monoisotopic (exact) mass is 567 g/mol. The number of carbonyl (C=O) groups excluding carboxylic acids is 1. The van der Waals surface area contributed by atoms with Gasteiger partial charge in [-0.2, -0.15) is 0 Å². The molecular formula is C32H29N3O5S. The third-order valence-corrected chi connectivity index (χ3v) is 7.72. The first-order chi connectivity index (χ1) is 19.7. The molecule has 0 saturated heterocycles. The number of hydrogen-bond acceptors (Lipinski definition) is 6. The van der Waals surface area contributed by atoms with E-state index in [-0.39, 0.29) is 11.5 Å². The van der Waals surface area contributed by atoms with E-state index >= 15 is 0 Å². The Hall–Kier alpha value is -4.76. The van der Waals surface area contributed by atoms with Gasteiger partial charge in [0.1, 0.15) is 5.75 Å². The van der Waals surface area contributed by atoms with E-state index in [0.29, 0.717) is 43.5 Å². The second-order valence-electron chi connectivity index (χ2n) is 9.98. The molecule has 0 spiro atoms. The van der Waals surface area contributed by atoms with E-state index in [1.807, 2.05) is 54.6 Å². The maximum Gasteiger partial charge on any atom is 0.341 e. The Morgan fingerprint density at radius 1 is 1.07 bits per heavy atom. The third kappa shape index (κ3) is 6.05. The SMILES string of the molecule is CC1=C(C(=O)Nc2ccccc2)[C@H](c2ccc(C(C)C)cc2)n2c(s/c(=C\c3cccc(OCC(=O)O)c3)c2=O)=N1. The highest BCUT2D eigenvalue weighted by atomic mass is 32.1. The number of benzene rings is 3. The van der Waals surface area contributed by atoms with E-state index in [1.165, 1.54) is 11.3 Å². The van der Waals surface area contributed by atoms with Crippen LogP contribution < -0.4 is 24.9 Å². The standard InChI is InChI=1S/C32H29N3O5S/c1-19(2)22-12-14-23(15-13-22)29-28(30(38)34-24-9-5-4-6-10-24)20(3)33-32-35(29)31(39)26(41-32)17-21-8-7-11-25(16-21)40-18-27(36)37/h4-17,19,29H,18H2,1-3H3,(H,34,38)(H,36,37)/b26-17-/t29-/m0/s1. The van der Waals surface area contributed by atoms with Gasteiger partial charge < -0.3 is 15.2 Å². The first kappa shape index (κ1) is 27.8. The van der Waals surface area contributed by atoms with Crippen LogP contribution in [0.5, 0.6) is 5.75 Å². The van der Waals surface area contributed by atoms with Crippen molar-refractivity contribution in [2.75, 3.05) is 11.9 Å². The Morgan fingerprint density at radius 2 is 1.80 bits per heavy atom. The molecule has 0 saturated carbocycles. The predicted molar refractivity (Wildman–Crippen MR) is 159 cm³/mol. The highest BCUT2D eigenvalue weighted by molar-refractivity contribution is 7.07. The fraction of sp³-hybridized carbons (Fsp3) is 0.188. The van der Waals surface area contributed by atoms with Gasteiger partial charge in [0.05, 0.1) is 21.8 Å². The summed E-state index contributed by atoms with van der Waals surface area (Å²) in [4.78, 5) is 43.7. The topological polar surface area (TPSA) is 110 Å². The van der Waals surface area contributed by atoms with Crippen molar-refractivity contribution in [2.45, 2.75) is 32.7 Å². The number of carboxylic acids is 1. The second kappa shape index (κ2) is 11.8. The summed E-state index contributed by atoms with van der Waals surface area (Å²) in [7, 11) is 0. The van der Waals surface area contributed by atoms with Crippen molar-refractivity contribution in [1.29, 1.82) is 0 Å². The highest BCUT2D eigenvalue weighted by Gasteiger charge is 2.32. The number of para-hydroxylation sites is 1. The Balaban J connectivity index is 1.62. The Bertz CT molecular complexity index is 1820. The number of fused-ring (bicyclic) bond motifs is 1. The third-order valence-electron chi connectivity index (χ3n) is 6.74. The summed E-state index contributed by atoms with van der Waals surface area (Å²) in [5, 5.41) is 11.9. The number of nitrogens with zero attached hydrogens (tertiary/aromatic N) is 2. The average molecular weight is 568 g/mol. The quantitative estimate of drug-likeness (QED) is 0.327. The number of aliphatic carboxylic acids is 1. The zero-order valence-electron chi connectivity index (χ0n) is 22.8. The van der Waals surface area contributed by atoms with Gasteiger partial charge in [-0.15, -0.1) is 0 Å². The average Bonchev–Trinajstić information content (AvgIpc) is 3.25. The van der Waals surface area contributed by atoms with Gasteiger partial charge in [0.25, 0.3) is 11.5 Å². The molecule has 208 valence electrons. The van der Waals surface area contributed by atoms with Crippen molar-refractivity contribution in [3.63, 3.8) is 0 Å². The fourth-order valence-corrected chi connectivity index (χ4v) is 5.75. The molecule has 41 heavy (non-hydrogen) atoms. The lowest BCUT2D eigenvalue weighted by atomic mass is 9.93. The van der Waals surface area contributed by atoms with Crippen LogP contribution in [0.4, 0.5) is 5.69 Å². The van der Waals surface area contributed by atoms with E-state index in [1.54, 1.807) is 41.8 Å². The normalized spacial score (nSPS) is 14.9. The molecule has 1 aromatic heterocycles. The molecule has 1 atom stereocenters. The molecule has 2 N–H and O–H groups in total. The van der Waals surface area contributed by atoms with Crippen molar-refractivity contribution >= 4 is 35.0 Å². The van der Waals surface area contributed by atoms with Gasteiger partial charge in [0.2, 0.25) is 0 Å². The van der Waals surface area contributed by atoms with E-state index in [9.17, 15) is 14.4 Å². The van der Waals surface area contributed by atoms with Crippen LogP contribution in [0.1, 0.15) is 49.4 Å². The minimum Gasteiger partial charge on any atom is -0.482 e. The lowest BCUT2D eigenvalue weighted by Crippen LogP contribution is -2.40. The summed E-state index contributed by atoms with van der Waals surface area (Å²) in [6, 6.07) is 23.4. The summed E-state index contributed by atoms with van der Waals surface area (Å²) < 4.78 is 7.31. The molecule has 8 nitrogen and oxygen atoms in total. The van der Waals surface area contributed by atoms with Crippen molar-refractivity contribution in [1.82, 2.24) is 4.57 Å². The number of carbonyl (C=O) groups is 2. The zero-order valence-corrected chi connectivity index (χ0v) is 23.6. The number of ether oxygens (including phenoxy) is 1. The summed E-state index contributed by atoms with van der Waals surface area (Å²) >= 11 is 1.24. The van der Waals surface area contributed by atoms with Gasteiger partial charge in [-0.3, -0.25) is 14.2 Å². The summed E-state index contributed by atoms with van der Waals surface area (Å²) in [6.07, 6.45) is 1.72. The van der Waals surface area contributed by atoms with Crippen LogP contribution in [0, 0.1) is 0 Å². The molecule has 1 amide bonds. The molecule has 3 aromatic carbocycles. The summed E-state index contributed by atoms with van der Waals surface area (Å²) in [5.74, 6) is -0.687. The number of thiazole rings is 1.